The molecule has 180 valence electrons. The van der Waals surface area contributed by atoms with Gasteiger partial charge < -0.3 is 19.7 Å². The Bertz CT molecular complexity index is 917. The van der Waals surface area contributed by atoms with Gasteiger partial charge in [0.1, 0.15) is 11.9 Å². The first-order chi connectivity index (χ1) is 15.8. The second-order valence-electron chi connectivity index (χ2n) is 7.78. The van der Waals surface area contributed by atoms with Gasteiger partial charge in [-0.15, -0.1) is 0 Å². The third-order valence-corrected chi connectivity index (χ3v) is 6.63. The van der Waals surface area contributed by atoms with Crippen LogP contribution in [0.25, 0.3) is 0 Å². The van der Waals surface area contributed by atoms with Crippen molar-refractivity contribution in [2.24, 2.45) is 0 Å². The van der Waals surface area contributed by atoms with Crippen LogP contribution >= 0.6 is 27.5 Å². The molecule has 0 spiro atoms. The van der Waals surface area contributed by atoms with Crippen molar-refractivity contribution in [2.45, 2.75) is 52.7 Å². The summed E-state index contributed by atoms with van der Waals surface area (Å²) in [4.78, 5) is 26.5. The number of nitrogens with one attached hydrogen (secondary N) is 1. The molecule has 0 bridgehead atoms. The lowest BCUT2D eigenvalue weighted by molar-refractivity contribution is -0.117. The molecule has 0 aromatic heterocycles. The summed E-state index contributed by atoms with van der Waals surface area (Å²) < 4.78 is 11.9. The van der Waals surface area contributed by atoms with Gasteiger partial charge in [-0.05, 0) is 60.0 Å². The van der Waals surface area contributed by atoms with Gasteiger partial charge in [0.25, 0.3) is 5.91 Å². The second kappa shape index (κ2) is 13.5. The molecule has 0 unspecified atom stereocenters. The predicted octanol–water partition coefficient (Wildman–Crippen LogP) is 6.11. The number of benzene rings is 1. The van der Waals surface area contributed by atoms with Gasteiger partial charge >= 0.3 is 6.09 Å². The average Bonchev–Trinajstić information content (AvgIpc) is 2.84. The maximum Gasteiger partial charge on any atom is 0.409 e. The topological polar surface area (TPSA) is 67.9 Å². The van der Waals surface area contributed by atoms with Gasteiger partial charge in [-0.3, -0.25) is 4.79 Å². The predicted molar refractivity (Wildman–Crippen MR) is 135 cm³/mol. The minimum absolute atomic E-state index is 0.0648. The number of amides is 2. The number of rotatable bonds is 8. The highest BCUT2D eigenvalue weighted by Gasteiger charge is 2.25. The van der Waals surface area contributed by atoms with E-state index in [2.05, 4.69) is 21.2 Å². The molecule has 1 aliphatic heterocycles. The van der Waals surface area contributed by atoms with Crippen LogP contribution in [-0.4, -0.2) is 43.2 Å². The molecule has 1 fully saturated rings. The Morgan fingerprint density at radius 3 is 2.42 bits per heavy atom. The Labute approximate surface area is 209 Å². The molecule has 0 saturated carbocycles. The van der Waals surface area contributed by atoms with Crippen LogP contribution in [0, 0.1) is 0 Å². The van der Waals surface area contributed by atoms with E-state index in [4.69, 9.17) is 21.1 Å². The summed E-state index contributed by atoms with van der Waals surface area (Å²) in [7, 11) is 1.39. The van der Waals surface area contributed by atoms with Gasteiger partial charge in [-0.2, -0.15) is 0 Å². The Morgan fingerprint density at radius 2 is 1.88 bits per heavy atom. The number of carbonyl (C=O) groups is 2. The van der Waals surface area contributed by atoms with Crippen molar-refractivity contribution in [2.75, 3.05) is 20.2 Å². The smallest absolute Gasteiger partial charge is 0.409 e. The zero-order valence-electron chi connectivity index (χ0n) is 19.6. The molecule has 1 aliphatic rings. The minimum atomic E-state index is -0.319. The normalized spacial score (nSPS) is 16.2. The maximum atomic E-state index is 13.1. The number of piperidine rings is 1. The van der Waals surface area contributed by atoms with Crippen molar-refractivity contribution in [3.8, 4) is 0 Å². The van der Waals surface area contributed by atoms with Gasteiger partial charge in [0, 0.05) is 43.1 Å². The van der Waals surface area contributed by atoms with Crippen molar-refractivity contribution in [3.05, 3.63) is 68.4 Å². The van der Waals surface area contributed by atoms with Crippen molar-refractivity contribution in [1.82, 2.24) is 10.2 Å². The van der Waals surface area contributed by atoms with Crippen LogP contribution in [0.1, 0.15) is 45.6 Å². The fraction of sp³-hybridized carbons (Fsp3) is 0.440. The zero-order valence-corrected chi connectivity index (χ0v) is 22.0. The van der Waals surface area contributed by atoms with E-state index >= 15 is 0 Å². The maximum absolute atomic E-state index is 13.1. The standard InChI is InChI=1S/C25H32BrClN2O4/c1-5-17(3)21(24(30)28-16-18-7-9-19(27)10-8-18)15-23(22(26)6-2)33-20-11-13-29(14-12-20)25(31)32-4/h6-10,15,20H,5,11-14,16H2,1-4H3,(H,28,30)/b21-17-,22-6+,23-15+. The number of nitrogens with zero attached hydrogens (tertiary/aromatic N) is 1. The molecular weight excluding hydrogens is 508 g/mol. The highest BCUT2D eigenvalue weighted by molar-refractivity contribution is 9.11. The molecule has 0 radical (unpaired) electrons. The fourth-order valence-corrected chi connectivity index (χ4v) is 3.68. The van der Waals surface area contributed by atoms with Crippen LogP contribution in [0.2, 0.25) is 5.02 Å². The number of ether oxygens (including phenoxy) is 2. The number of hydrogen-bond donors (Lipinski definition) is 1. The summed E-state index contributed by atoms with van der Waals surface area (Å²) in [5.74, 6) is 0.431. The van der Waals surface area contributed by atoms with Crippen LogP contribution < -0.4 is 5.32 Å². The van der Waals surface area contributed by atoms with Gasteiger partial charge in [0.05, 0.1) is 11.6 Å². The van der Waals surface area contributed by atoms with E-state index in [1.807, 2.05) is 39.0 Å². The van der Waals surface area contributed by atoms with Crippen molar-refractivity contribution < 1.29 is 19.1 Å². The Hall–Kier alpha value is -2.25. The third-order valence-electron chi connectivity index (χ3n) is 5.53. The first-order valence-electron chi connectivity index (χ1n) is 11.0. The molecule has 1 saturated heterocycles. The second-order valence-corrected chi connectivity index (χ2v) is 9.07. The summed E-state index contributed by atoms with van der Waals surface area (Å²) >= 11 is 9.51. The molecular formula is C25H32BrClN2O4. The molecule has 0 aliphatic carbocycles. The summed E-state index contributed by atoms with van der Waals surface area (Å²) in [5, 5.41) is 3.65. The van der Waals surface area contributed by atoms with E-state index < -0.39 is 0 Å². The summed E-state index contributed by atoms with van der Waals surface area (Å²) in [6.07, 6.45) is 5.41. The fourth-order valence-electron chi connectivity index (χ4n) is 3.35. The van der Waals surface area contributed by atoms with E-state index in [-0.39, 0.29) is 18.1 Å². The highest BCUT2D eigenvalue weighted by atomic mass is 79.9. The third kappa shape index (κ3) is 8.23. The van der Waals surface area contributed by atoms with Crippen molar-refractivity contribution >= 4 is 39.5 Å². The Kier molecular flexibility index (Phi) is 11.0. The van der Waals surface area contributed by atoms with Gasteiger partial charge in [0.2, 0.25) is 0 Å². The molecule has 1 aromatic carbocycles. The molecule has 1 N–H and O–H groups in total. The van der Waals surface area contributed by atoms with Crippen LogP contribution in [0.3, 0.4) is 0 Å². The van der Waals surface area contributed by atoms with Crippen LogP contribution in [0.15, 0.2) is 57.8 Å². The molecule has 1 aromatic rings. The molecule has 1 heterocycles. The number of carbonyl (C=O) groups excluding carboxylic acids is 2. The van der Waals surface area contributed by atoms with Crippen LogP contribution in [-0.2, 0) is 20.8 Å². The van der Waals surface area contributed by atoms with E-state index in [1.54, 1.807) is 23.1 Å². The quantitative estimate of drug-likeness (QED) is 0.246. The number of methoxy groups -OCH3 is 1. The number of hydrogen-bond acceptors (Lipinski definition) is 4. The van der Waals surface area contributed by atoms with E-state index in [0.29, 0.717) is 48.8 Å². The number of halogens is 2. The van der Waals surface area contributed by atoms with Crippen LogP contribution in [0.5, 0.6) is 0 Å². The lowest BCUT2D eigenvalue weighted by Gasteiger charge is -2.31. The van der Waals surface area contributed by atoms with E-state index in [0.717, 1.165) is 22.0 Å². The zero-order chi connectivity index (χ0) is 24.4. The highest BCUT2D eigenvalue weighted by Crippen LogP contribution is 2.27. The Balaban J connectivity index is 2.17. The average molecular weight is 540 g/mol. The largest absolute Gasteiger partial charge is 0.489 e. The lowest BCUT2D eigenvalue weighted by atomic mass is 10.0. The number of allylic oxidation sites excluding steroid dienone is 3. The summed E-state index contributed by atoms with van der Waals surface area (Å²) in [5.41, 5.74) is 2.50. The first-order valence-corrected chi connectivity index (χ1v) is 12.2. The molecule has 33 heavy (non-hydrogen) atoms. The Morgan fingerprint density at radius 1 is 1.24 bits per heavy atom. The van der Waals surface area contributed by atoms with Crippen molar-refractivity contribution in [1.29, 1.82) is 0 Å². The summed E-state index contributed by atoms with van der Waals surface area (Å²) in [6, 6.07) is 7.38. The van der Waals surface area contributed by atoms with E-state index in [9.17, 15) is 9.59 Å². The van der Waals surface area contributed by atoms with Crippen LogP contribution in [0.4, 0.5) is 4.79 Å². The molecule has 6 nitrogen and oxygen atoms in total. The first kappa shape index (κ1) is 27.0. The monoisotopic (exact) mass is 538 g/mol. The summed E-state index contributed by atoms with van der Waals surface area (Å²) in [6.45, 7) is 7.40. The van der Waals surface area contributed by atoms with Gasteiger partial charge in [-0.25, -0.2) is 4.79 Å². The van der Waals surface area contributed by atoms with Crippen molar-refractivity contribution in [3.63, 3.8) is 0 Å². The molecule has 2 rings (SSSR count). The van der Waals surface area contributed by atoms with Gasteiger partial charge in [0.15, 0.2) is 0 Å². The van der Waals surface area contributed by atoms with E-state index in [1.165, 1.54) is 7.11 Å². The number of likely N-dealkylation sites (tertiary alicyclic amines) is 1. The van der Waals surface area contributed by atoms with Gasteiger partial charge in [-0.1, -0.05) is 42.3 Å². The minimum Gasteiger partial charge on any atom is -0.489 e. The molecule has 2 amide bonds. The molecule has 8 heteroatoms. The SMILES string of the molecule is C\C=C(Br)/C(=C\C(C(=O)NCc1ccc(Cl)cc1)=C(/C)CC)OC1CCN(C(=O)OC)CC1. The lowest BCUT2D eigenvalue weighted by Crippen LogP contribution is -2.40. The molecule has 0 atom stereocenters.